The molecule has 0 saturated carbocycles. The van der Waals surface area contributed by atoms with E-state index in [0.29, 0.717) is 30.0 Å². The van der Waals surface area contributed by atoms with Crippen LogP contribution in [-0.4, -0.2) is 40.2 Å². The molecule has 3 nitrogen and oxygen atoms in total. The van der Waals surface area contributed by atoms with E-state index in [-0.39, 0.29) is 6.61 Å². The van der Waals surface area contributed by atoms with Crippen molar-refractivity contribution in [3.8, 4) is 0 Å². The van der Waals surface area contributed by atoms with Crippen molar-refractivity contribution in [1.82, 2.24) is 4.90 Å². The standard InChI is InChI=1S/C9H20N2OS/c1-7(2)11(4-5-12)8(3)6-9(10)13/h7-8,12H,4-6H2,1-3H3,(H2,10,13). The summed E-state index contributed by atoms with van der Waals surface area (Å²) in [5, 5.41) is 8.86. The van der Waals surface area contributed by atoms with Gasteiger partial charge in [0, 0.05) is 25.0 Å². The normalized spacial score (nSPS) is 13.7. The summed E-state index contributed by atoms with van der Waals surface area (Å²) >= 11 is 4.85. The van der Waals surface area contributed by atoms with E-state index in [0.717, 1.165) is 0 Å². The van der Waals surface area contributed by atoms with Gasteiger partial charge in [-0.15, -0.1) is 0 Å². The molecule has 78 valence electrons. The van der Waals surface area contributed by atoms with Crippen LogP contribution in [0.5, 0.6) is 0 Å². The lowest BCUT2D eigenvalue weighted by atomic mass is 10.1. The Balaban J connectivity index is 4.10. The fraction of sp³-hybridized carbons (Fsp3) is 0.889. The first kappa shape index (κ1) is 12.8. The lowest BCUT2D eigenvalue weighted by Crippen LogP contribution is -2.42. The molecule has 0 aliphatic carbocycles. The highest BCUT2D eigenvalue weighted by atomic mass is 32.1. The Morgan fingerprint density at radius 1 is 1.46 bits per heavy atom. The first-order valence-electron chi connectivity index (χ1n) is 4.64. The van der Waals surface area contributed by atoms with E-state index in [2.05, 4.69) is 25.7 Å². The minimum absolute atomic E-state index is 0.180. The van der Waals surface area contributed by atoms with Gasteiger partial charge in [-0.1, -0.05) is 12.2 Å². The number of nitrogens with two attached hydrogens (primary N) is 1. The van der Waals surface area contributed by atoms with Crippen LogP contribution in [0.3, 0.4) is 0 Å². The Bertz CT molecular complexity index is 162. The summed E-state index contributed by atoms with van der Waals surface area (Å²) < 4.78 is 0. The number of hydrogen-bond donors (Lipinski definition) is 2. The molecule has 0 aliphatic heterocycles. The maximum Gasteiger partial charge on any atom is 0.0742 e. The third kappa shape index (κ3) is 5.18. The van der Waals surface area contributed by atoms with E-state index < -0.39 is 0 Å². The Morgan fingerprint density at radius 2 is 2.00 bits per heavy atom. The van der Waals surface area contributed by atoms with E-state index >= 15 is 0 Å². The maximum absolute atomic E-state index is 8.86. The molecule has 1 atom stereocenters. The highest BCUT2D eigenvalue weighted by Crippen LogP contribution is 2.08. The molecular formula is C9H20N2OS. The second-order valence-corrected chi connectivity index (χ2v) is 4.10. The minimum atomic E-state index is 0.180. The van der Waals surface area contributed by atoms with Gasteiger partial charge in [-0.3, -0.25) is 4.90 Å². The van der Waals surface area contributed by atoms with E-state index in [4.69, 9.17) is 23.1 Å². The first-order valence-corrected chi connectivity index (χ1v) is 5.04. The van der Waals surface area contributed by atoms with Gasteiger partial charge in [-0.25, -0.2) is 0 Å². The highest BCUT2D eigenvalue weighted by molar-refractivity contribution is 7.80. The van der Waals surface area contributed by atoms with Crippen LogP contribution in [0.2, 0.25) is 0 Å². The molecule has 0 saturated heterocycles. The fourth-order valence-electron chi connectivity index (χ4n) is 1.51. The van der Waals surface area contributed by atoms with Gasteiger partial charge in [0.05, 0.1) is 11.6 Å². The van der Waals surface area contributed by atoms with E-state index in [9.17, 15) is 0 Å². The molecule has 4 heteroatoms. The Kier molecular flexibility index (Phi) is 6.20. The summed E-state index contributed by atoms with van der Waals surface area (Å²) in [5.41, 5.74) is 5.47. The van der Waals surface area contributed by atoms with Crippen LogP contribution in [0.4, 0.5) is 0 Å². The molecule has 13 heavy (non-hydrogen) atoms. The number of aliphatic hydroxyl groups excluding tert-OH is 1. The molecule has 0 amide bonds. The Hall–Kier alpha value is -0.190. The van der Waals surface area contributed by atoms with Crippen LogP contribution in [0.1, 0.15) is 27.2 Å². The zero-order chi connectivity index (χ0) is 10.4. The summed E-state index contributed by atoms with van der Waals surface area (Å²) in [5.74, 6) is 0. The van der Waals surface area contributed by atoms with Gasteiger partial charge >= 0.3 is 0 Å². The molecule has 0 bridgehead atoms. The van der Waals surface area contributed by atoms with Crippen LogP contribution >= 0.6 is 12.2 Å². The molecule has 0 aromatic rings. The van der Waals surface area contributed by atoms with Gasteiger partial charge in [-0.2, -0.15) is 0 Å². The third-order valence-corrected chi connectivity index (χ3v) is 2.25. The summed E-state index contributed by atoms with van der Waals surface area (Å²) in [4.78, 5) is 2.73. The van der Waals surface area contributed by atoms with Crippen molar-refractivity contribution < 1.29 is 5.11 Å². The van der Waals surface area contributed by atoms with Crippen molar-refractivity contribution in [2.24, 2.45) is 5.73 Å². The molecule has 3 N–H and O–H groups in total. The average Bonchev–Trinajstić information content (AvgIpc) is 1.97. The minimum Gasteiger partial charge on any atom is -0.395 e. The molecular weight excluding hydrogens is 184 g/mol. The molecule has 0 heterocycles. The predicted molar refractivity (Wildman–Crippen MR) is 59.8 cm³/mol. The molecule has 0 aromatic carbocycles. The largest absolute Gasteiger partial charge is 0.395 e. The monoisotopic (exact) mass is 204 g/mol. The van der Waals surface area contributed by atoms with Gasteiger partial charge in [-0.05, 0) is 20.8 Å². The second kappa shape index (κ2) is 6.29. The molecule has 1 unspecified atom stereocenters. The average molecular weight is 204 g/mol. The van der Waals surface area contributed by atoms with Crippen LogP contribution < -0.4 is 5.73 Å². The summed E-state index contributed by atoms with van der Waals surface area (Å²) in [7, 11) is 0. The first-order chi connectivity index (χ1) is 5.99. The van der Waals surface area contributed by atoms with Crippen molar-refractivity contribution in [1.29, 1.82) is 0 Å². The number of nitrogens with zero attached hydrogens (tertiary/aromatic N) is 1. The smallest absolute Gasteiger partial charge is 0.0742 e. The number of aliphatic hydroxyl groups is 1. The molecule has 0 fully saturated rings. The van der Waals surface area contributed by atoms with Crippen molar-refractivity contribution in [3.05, 3.63) is 0 Å². The Morgan fingerprint density at radius 3 is 2.31 bits per heavy atom. The van der Waals surface area contributed by atoms with E-state index in [1.165, 1.54) is 0 Å². The molecule has 0 aliphatic rings. The van der Waals surface area contributed by atoms with Crippen LogP contribution in [0, 0.1) is 0 Å². The van der Waals surface area contributed by atoms with Crippen molar-refractivity contribution in [3.63, 3.8) is 0 Å². The van der Waals surface area contributed by atoms with Crippen LogP contribution in [0.25, 0.3) is 0 Å². The molecule has 0 aromatic heterocycles. The lowest BCUT2D eigenvalue weighted by Gasteiger charge is -2.31. The second-order valence-electron chi connectivity index (χ2n) is 3.57. The van der Waals surface area contributed by atoms with Gasteiger partial charge in [0.1, 0.15) is 0 Å². The zero-order valence-corrected chi connectivity index (χ0v) is 9.47. The van der Waals surface area contributed by atoms with Gasteiger partial charge in [0.2, 0.25) is 0 Å². The molecule has 0 radical (unpaired) electrons. The highest BCUT2D eigenvalue weighted by Gasteiger charge is 2.16. The molecule has 0 rings (SSSR count). The summed E-state index contributed by atoms with van der Waals surface area (Å²) in [6.07, 6.45) is 0.716. The number of rotatable bonds is 6. The van der Waals surface area contributed by atoms with Gasteiger partial charge in [0.25, 0.3) is 0 Å². The fourth-order valence-corrected chi connectivity index (χ4v) is 1.75. The van der Waals surface area contributed by atoms with E-state index in [1.807, 2.05) is 0 Å². The number of hydrogen-bond acceptors (Lipinski definition) is 3. The van der Waals surface area contributed by atoms with Crippen LogP contribution in [-0.2, 0) is 0 Å². The SMILES string of the molecule is CC(C)N(CCO)C(C)CC(N)=S. The summed E-state index contributed by atoms with van der Waals surface area (Å²) in [6.45, 7) is 7.15. The number of thiocarbonyl (C=S) groups is 1. The summed E-state index contributed by atoms with van der Waals surface area (Å²) in [6, 6.07) is 0.723. The van der Waals surface area contributed by atoms with E-state index in [1.54, 1.807) is 0 Å². The lowest BCUT2D eigenvalue weighted by molar-refractivity contribution is 0.129. The van der Waals surface area contributed by atoms with Gasteiger partial charge in [0.15, 0.2) is 0 Å². The van der Waals surface area contributed by atoms with Crippen molar-refractivity contribution >= 4 is 17.2 Å². The molecule has 0 spiro atoms. The zero-order valence-electron chi connectivity index (χ0n) is 8.66. The van der Waals surface area contributed by atoms with Crippen LogP contribution in [0.15, 0.2) is 0 Å². The topological polar surface area (TPSA) is 49.5 Å². The van der Waals surface area contributed by atoms with Crippen molar-refractivity contribution in [2.75, 3.05) is 13.2 Å². The quantitative estimate of drug-likeness (QED) is 0.627. The maximum atomic E-state index is 8.86. The van der Waals surface area contributed by atoms with Gasteiger partial charge < -0.3 is 10.8 Å². The Labute approximate surface area is 85.9 Å². The van der Waals surface area contributed by atoms with Crippen molar-refractivity contribution in [2.45, 2.75) is 39.3 Å². The predicted octanol–water partition coefficient (Wildman–Crippen LogP) is 0.754. The third-order valence-electron chi connectivity index (χ3n) is 2.08.